The fourth-order valence-corrected chi connectivity index (χ4v) is 6.60. The van der Waals surface area contributed by atoms with Crippen molar-refractivity contribution in [2.75, 3.05) is 31.5 Å². The lowest BCUT2D eigenvalue weighted by molar-refractivity contribution is -0.0440. The van der Waals surface area contributed by atoms with Crippen molar-refractivity contribution >= 4 is 32.4 Å². The van der Waals surface area contributed by atoms with Gasteiger partial charge in [0.1, 0.15) is 0 Å². The number of ether oxygens (including phenoxy) is 1. The molecule has 33 heavy (non-hydrogen) atoms. The van der Waals surface area contributed by atoms with E-state index in [0.717, 1.165) is 31.2 Å². The Morgan fingerprint density at radius 2 is 1.76 bits per heavy atom. The number of rotatable bonds is 6. The molecule has 4 rings (SSSR count). The van der Waals surface area contributed by atoms with Crippen LogP contribution in [0.25, 0.3) is 0 Å². The molecule has 0 aliphatic carbocycles. The van der Waals surface area contributed by atoms with Crippen molar-refractivity contribution in [1.29, 1.82) is 0 Å². The van der Waals surface area contributed by atoms with Crippen molar-refractivity contribution in [3.8, 4) is 0 Å². The molecule has 1 aromatic heterocycles. The van der Waals surface area contributed by atoms with E-state index >= 15 is 0 Å². The molecule has 1 amide bonds. The van der Waals surface area contributed by atoms with Crippen LogP contribution in [0.4, 0.5) is 5.13 Å². The monoisotopic (exact) mass is 492 g/mol. The average molecular weight is 493 g/mol. The second kappa shape index (κ2) is 10.2. The fourth-order valence-electron chi connectivity index (χ4n) is 4.31. The van der Waals surface area contributed by atoms with Crippen molar-refractivity contribution in [3.63, 3.8) is 0 Å². The molecule has 2 fully saturated rings. The maximum Gasteiger partial charge on any atom is 0.257 e. The molecule has 2 aliphatic rings. The number of nitrogens with one attached hydrogen (secondary N) is 1. The smallest absolute Gasteiger partial charge is 0.257 e. The first-order valence-electron chi connectivity index (χ1n) is 11.4. The molecule has 0 spiro atoms. The Hall–Kier alpha value is -1.85. The summed E-state index contributed by atoms with van der Waals surface area (Å²) >= 11 is 1.40. The van der Waals surface area contributed by atoms with E-state index in [1.54, 1.807) is 12.1 Å². The van der Waals surface area contributed by atoms with Gasteiger partial charge in [-0.3, -0.25) is 15.0 Å². The molecular formula is C23H32N4O4S2. The summed E-state index contributed by atoms with van der Waals surface area (Å²) < 4.78 is 33.1. The van der Waals surface area contributed by atoms with Gasteiger partial charge in [-0.25, -0.2) is 13.4 Å². The molecule has 3 heterocycles. The standard InChI is InChI=1S/C23H32N4O4S2/c1-16-8-10-26(11-9-16)14-20-15-32-23(24-20)25-22(28)19-4-6-21(7-5-19)33(29,30)27-12-17(2)31-18(3)13-27/h4-7,15-18H,8-14H2,1-3H3,(H,24,25,28)/t17-,18-/m0/s1. The molecule has 0 unspecified atom stereocenters. The van der Waals surface area contributed by atoms with Crippen LogP contribution >= 0.6 is 11.3 Å². The van der Waals surface area contributed by atoms with Crippen LogP contribution in [0.3, 0.4) is 0 Å². The number of thiazole rings is 1. The third kappa shape index (κ3) is 5.99. The van der Waals surface area contributed by atoms with E-state index in [1.807, 2.05) is 19.2 Å². The molecule has 0 radical (unpaired) electrons. The Morgan fingerprint density at radius 3 is 2.39 bits per heavy atom. The van der Waals surface area contributed by atoms with Crippen LogP contribution < -0.4 is 5.32 Å². The summed E-state index contributed by atoms with van der Waals surface area (Å²) in [6.07, 6.45) is 2.11. The third-order valence-corrected chi connectivity index (χ3v) is 8.83. The highest BCUT2D eigenvalue weighted by Crippen LogP contribution is 2.23. The number of hydrogen-bond acceptors (Lipinski definition) is 7. The predicted octanol–water partition coefficient (Wildman–Crippen LogP) is 3.43. The molecule has 2 saturated heterocycles. The number of sulfonamides is 1. The van der Waals surface area contributed by atoms with Gasteiger partial charge in [-0.2, -0.15) is 4.31 Å². The van der Waals surface area contributed by atoms with Crippen molar-refractivity contribution in [1.82, 2.24) is 14.2 Å². The molecule has 0 saturated carbocycles. The fraction of sp³-hybridized carbons (Fsp3) is 0.565. The van der Waals surface area contributed by atoms with Crippen LogP contribution in [0.5, 0.6) is 0 Å². The van der Waals surface area contributed by atoms with Crippen molar-refractivity contribution in [2.45, 2.75) is 57.3 Å². The summed E-state index contributed by atoms with van der Waals surface area (Å²) in [4.78, 5) is 19.8. The normalized spacial score (nSPS) is 23.5. The van der Waals surface area contributed by atoms with Crippen LogP contribution in [0.2, 0.25) is 0 Å². The highest BCUT2D eigenvalue weighted by atomic mass is 32.2. The summed E-state index contributed by atoms with van der Waals surface area (Å²) in [5.41, 5.74) is 1.35. The van der Waals surface area contributed by atoms with E-state index < -0.39 is 10.0 Å². The van der Waals surface area contributed by atoms with E-state index in [0.29, 0.717) is 23.8 Å². The van der Waals surface area contributed by atoms with Gasteiger partial charge in [-0.1, -0.05) is 6.92 Å². The molecule has 10 heteroatoms. The molecule has 1 N–H and O–H groups in total. The van der Waals surface area contributed by atoms with Crippen molar-refractivity contribution < 1.29 is 17.9 Å². The zero-order valence-electron chi connectivity index (χ0n) is 19.4. The van der Waals surface area contributed by atoms with E-state index in [2.05, 4.69) is 22.1 Å². The quantitative estimate of drug-likeness (QED) is 0.664. The second-order valence-electron chi connectivity index (χ2n) is 9.16. The number of nitrogens with zero attached hydrogens (tertiary/aromatic N) is 3. The number of likely N-dealkylation sites (tertiary alicyclic amines) is 1. The molecule has 2 aliphatic heterocycles. The van der Waals surface area contributed by atoms with Crippen LogP contribution in [0.15, 0.2) is 34.5 Å². The van der Waals surface area contributed by atoms with Gasteiger partial charge in [0.25, 0.3) is 5.91 Å². The molecule has 2 atom stereocenters. The Balaban J connectivity index is 1.36. The van der Waals surface area contributed by atoms with Crippen LogP contribution in [-0.2, 0) is 21.3 Å². The zero-order chi connectivity index (χ0) is 23.6. The number of piperidine rings is 1. The van der Waals surface area contributed by atoms with Gasteiger partial charge in [0.2, 0.25) is 10.0 Å². The molecule has 8 nitrogen and oxygen atoms in total. The largest absolute Gasteiger partial charge is 0.373 e. The van der Waals surface area contributed by atoms with E-state index in [-0.39, 0.29) is 23.0 Å². The second-order valence-corrected chi connectivity index (χ2v) is 12.0. The first kappa shape index (κ1) is 24.3. The maximum atomic E-state index is 13.0. The zero-order valence-corrected chi connectivity index (χ0v) is 21.0. The number of morpholine rings is 1. The number of anilines is 1. The predicted molar refractivity (Wildman–Crippen MR) is 129 cm³/mol. The number of amides is 1. The van der Waals surface area contributed by atoms with Crippen LogP contribution in [0, 0.1) is 5.92 Å². The highest BCUT2D eigenvalue weighted by molar-refractivity contribution is 7.89. The Morgan fingerprint density at radius 1 is 1.12 bits per heavy atom. The van der Waals surface area contributed by atoms with Crippen molar-refractivity contribution in [2.24, 2.45) is 5.92 Å². The Labute approximate surface area is 200 Å². The van der Waals surface area contributed by atoms with Gasteiger partial charge >= 0.3 is 0 Å². The SMILES string of the molecule is CC1CCN(Cc2csc(NC(=O)c3ccc(S(=O)(=O)N4C[C@H](C)O[C@@H](C)C4)cc3)n2)CC1. The molecule has 1 aromatic carbocycles. The first-order chi connectivity index (χ1) is 15.7. The topological polar surface area (TPSA) is 91.8 Å². The van der Waals surface area contributed by atoms with Gasteiger partial charge in [-0.15, -0.1) is 11.3 Å². The molecular weight excluding hydrogens is 460 g/mol. The van der Waals surface area contributed by atoms with Gasteiger partial charge in [-0.05, 0) is 70.0 Å². The highest BCUT2D eigenvalue weighted by Gasteiger charge is 2.32. The summed E-state index contributed by atoms with van der Waals surface area (Å²) in [6.45, 7) is 9.61. The lowest BCUT2D eigenvalue weighted by atomic mass is 9.99. The van der Waals surface area contributed by atoms with Crippen LogP contribution in [0.1, 0.15) is 49.7 Å². The van der Waals surface area contributed by atoms with Crippen molar-refractivity contribution in [3.05, 3.63) is 40.9 Å². The number of carbonyl (C=O) groups excluding carboxylic acids is 1. The lowest BCUT2D eigenvalue weighted by Gasteiger charge is -2.34. The summed E-state index contributed by atoms with van der Waals surface area (Å²) in [5.74, 6) is 0.481. The van der Waals surface area contributed by atoms with Gasteiger partial charge < -0.3 is 4.74 Å². The Bertz CT molecular complexity index is 1050. The molecule has 0 bridgehead atoms. The number of carbonyl (C=O) groups is 1. The van der Waals surface area contributed by atoms with Gasteiger partial charge in [0.15, 0.2) is 5.13 Å². The average Bonchev–Trinajstić information content (AvgIpc) is 3.21. The molecule has 2 aromatic rings. The Kier molecular flexibility index (Phi) is 7.49. The lowest BCUT2D eigenvalue weighted by Crippen LogP contribution is -2.48. The minimum atomic E-state index is -3.64. The minimum absolute atomic E-state index is 0.157. The number of benzene rings is 1. The first-order valence-corrected chi connectivity index (χ1v) is 13.8. The summed E-state index contributed by atoms with van der Waals surface area (Å²) in [6, 6.07) is 6.05. The van der Waals surface area contributed by atoms with Gasteiger partial charge in [0.05, 0.1) is 22.8 Å². The third-order valence-electron chi connectivity index (χ3n) is 6.17. The van der Waals surface area contributed by atoms with Crippen LogP contribution in [-0.4, -0.2) is 66.9 Å². The maximum absolute atomic E-state index is 13.0. The minimum Gasteiger partial charge on any atom is -0.373 e. The molecule has 180 valence electrons. The van der Waals surface area contributed by atoms with E-state index in [9.17, 15) is 13.2 Å². The summed E-state index contributed by atoms with van der Waals surface area (Å²) in [7, 11) is -3.64. The number of aromatic nitrogens is 1. The van der Waals surface area contributed by atoms with E-state index in [4.69, 9.17) is 4.74 Å². The van der Waals surface area contributed by atoms with E-state index in [1.165, 1.54) is 40.6 Å². The van der Waals surface area contributed by atoms with Gasteiger partial charge in [0, 0.05) is 30.6 Å². The summed E-state index contributed by atoms with van der Waals surface area (Å²) in [5, 5.41) is 5.36. The number of hydrogen-bond donors (Lipinski definition) is 1.